The molecule has 2 rings (SSSR count). The van der Waals surface area contributed by atoms with Crippen LogP contribution in [-0.4, -0.2) is 11.0 Å². The van der Waals surface area contributed by atoms with Crippen LogP contribution < -0.4 is 5.32 Å². The van der Waals surface area contributed by atoms with E-state index in [9.17, 15) is 10.1 Å². The van der Waals surface area contributed by atoms with Crippen LogP contribution in [0.4, 0.5) is 11.4 Å². The molecule has 4 nitrogen and oxygen atoms in total. The lowest BCUT2D eigenvalue weighted by Crippen LogP contribution is -2.23. The third-order valence-electron chi connectivity index (χ3n) is 3.70. The van der Waals surface area contributed by atoms with Crippen LogP contribution >= 0.6 is 11.6 Å². The van der Waals surface area contributed by atoms with Crippen molar-refractivity contribution in [3.8, 4) is 0 Å². The Morgan fingerprint density at radius 1 is 1.50 bits per heavy atom. The maximum atomic E-state index is 10.8. The molecular weight excluding hydrogens is 252 g/mol. The van der Waals surface area contributed by atoms with Crippen LogP contribution in [0.1, 0.15) is 32.6 Å². The predicted octanol–water partition coefficient (Wildman–Crippen LogP) is 4.24. The summed E-state index contributed by atoms with van der Waals surface area (Å²) in [6, 6.07) is 5.29. The summed E-state index contributed by atoms with van der Waals surface area (Å²) in [6.07, 6.45) is 4.67. The molecule has 0 aliphatic heterocycles. The fourth-order valence-electron chi connectivity index (χ4n) is 2.69. The highest BCUT2D eigenvalue weighted by Crippen LogP contribution is 2.36. The van der Waals surface area contributed by atoms with Crippen LogP contribution in [0.5, 0.6) is 0 Å². The van der Waals surface area contributed by atoms with Gasteiger partial charge < -0.3 is 5.32 Å². The van der Waals surface area contributed by atoms with E-state index in [4.69, 9.17) is 11.6 Å². The summed E-state index contributed by atoms with van der Waals surface area (Å²) in [5.74, 6) is 0.639. The van der Waals surface area contributed by atoms with Gasteiger partial charge in [-0.25, -0.2) is 0 Å². The van der Waals surface area contributed by atoms with Crippen molar-refractivity contribution >= 4 is 23.0 Å². The molecule has 0 radical (unpaired) electrons. The van der Waals surface area contributed by atoms with E-state index in [1.54, 1.807) is 12.1 Å². The third kappa shape index (κ3) is 2.58. The average molecular weight is 269 g/mol. The molecule has 1 aliphatic carbocycles. The highest BCUT2D eigenvalue weighted by molar-refractivity contribution is 6.35. The maximum Gasteiger partial charge on any atom is 0.289 e. The normalized spacial score (nSPS) is 23.0. The number of hydrogen-bond donors (Lipinski definition) is 1. The van der Waals surface area contributed by atoms with Gasteiger partial charge in [-0.15, -0.1) is 0 Å². The number of rotatable bonds is 4. The molecule has 1 aliphatic rings. The first-order valence-electron chi connectivity index (χ1n) is 6.33. The van der Waals surface area contributed by atoms with Gasteiger partial charge in [0.1, 0.15) is 5.02 Å². The van der Waals surface area contributed by atoms with Crippen LogP contribution in [0.3, 0.4) is 0 Å². The highest BCUT2D eigenvalue weighted by atomic mass is 35.5. The predicted molar refractivity (Wildman–Crippen MR) is 73.1 cm³/mol. The van der Waals surface area contributed by atoms with Crippen molar-refractivity contribution in [1.29, 1.82) is 0 Å². The van der Waals surface area contributed by atoms with Crippen molar-refractivity contribution in [2.24, 2.45) is 5.92 Å². The first-order chi connectivity index (χ1) is 8.63. The molecule has 0 saturated heterocycles. The molecular formula is C13H17ClN2O2. The van der Waals surface area contributed by atoms with Crippen molar-refractivity contribution in [1.82, 2.24) is 0 Å². The number of nitrogens with one attached hydrogen (secondary N) is 1. The molecule has 5 heteroatoms. The van der Waals surface area contributed by atoms with Gasteiger partial charge in [0.15, 0.2) is 0 Å². The largest absolute Gasteiger partial charge is 0.381 e. The van der Waals surface area contributed by atoms with Crippen LogP contribution in [0.2, 0.25) is 5.02 Å². The monoisotopic (exact) mass is 268 g/mol. The van der Waals surface area contributed by atoms with Crippen LogP contribution in [0.15, 0.2) is 18.2 Å². The van der Waals surface area contributed by atoms with Gasteiger partial charge in [0.05, 0.1) is 10.6 Å². The lowest BCUT2D eigenvalue weighted by molar-refractivity contribution is -0.384. The summed E-state index contributed by atoms with van der Waals surface area (Å²) in [6.45, 7) is 2.18. The zero-order valence-corrected chi connectivity index (χ0v) is 11.1. The van der Waals surface area contributed by atoms with Crippen LogP contribution in [-0.2, 0) is 0 Å². The number of benzene rings is 1. The molecule has 98 valence electrons. The third-order valence-corrected chi connectivity index (χ3v) is 4.10. The topological polar surface area (TPSA) is 55.2 Å². The molecule has 1 N–H and O–H groups in total. The Bertz CT molecular complexity index is 451. The minimum Gasteiger partial charge on any atom is -0.381 e. The SMILES string of the molecule is CCC1CCCC1Nc1cccc([N+](=O)[O-])c1Cl. The van der Waals surface area contributed by atoms with E-state index in [1.165, 1.54) is 18.9 Å². The highest BCUT2D eigenvalue weighted by Gasteiger charge is 2.27. The summed E-state index contributed by atoms with van der Waals surface area (Å²) >= 11 is 6.07. The second-order valence-corrected chi connectivity index (χ2v) is 5.12. The van der Waals surface area contributed by atoms with Gasteiger partial charge in [-0.05, 0) is 24.8 Å². The molecule has 0 aromatic heterocycles. The van der Waals surface area contributed by atoms with Gasteiger partial charge in [0, 0.05) is 12.1 Å². The van der Waals surface area contributed by atoms with E-state index in [2.05, 4.69) is 12.2 Å². The van der Waals surface area contributed by atoms with E-state index in [-0.39, 0.29) is 10.7 Å². The Labute approximate surface area is 111 Å². The minimum absolute atomic E-state index is 0.0345. The van der Waals surface area contributed by atoms with Gasteiger partial charge >= 0.3 is 0 Å². The molecule has 0 amide bonds. The second-order valence-electron chi connectivity index (χ2n) is 4.75. The van der Waals surface area contributed by atoms with Crippen molar-refractivity contribution in [2.45, 2.75) is 38.6 Å². The number of anilines is 1. The summed E-state index contributed by atoms with van der Waals surface area (Å²) in [7, 11) is 0. The Hall–Kier alpha value is -1.29. The number of hydrogen-bond acceptors (Lipinski definition) is 3. The number of nitrogens with zero attached hydrogens (tertiary/aromatic N) is 1. The smallest absolute Gasteiger partial charge is 0.289 e. The fourth-order valence-corrected chi connectivity index (χ4v) is 2.94. The van der Waals surface area contributed by atoms with Gasteiger partial charge in [-0.3, -0.25) is 10.1 Å². The number of nitro groups is 1. The molecule has 0 spiro atoms. The van der Waals surface area contributed by atoms with E-state index in [0.717, 1.165) is 12.8 Å². The molecule has 1 aromatic rings. The summed E-state index contributed by atoms with van der Waals surface area (Å²) < 4.78 is 0. The van der Waals surface area contributed by atoms with Gasteiger partial charge in [-0.1, -0.05) is 37.4 Å². The number of nitro benzene ring substituents is 1. The van der Waals surface area contributed by atoms with Gasteiger partial charge in [-0.2, -0.15) is 0 Å². The molecule has 0 bridgehead atoms. The zero-order valence-electron chi connectivity index (χ0n) is 10.4. The Balaban J connectivity index is 2.19. The van der Waals surface area contributed by atoms with E-state index < -0.39 is 4.92 Å². The van der Waals surface area contributed by atoms with Crippen molar-refractivity contribution in [2.75, 3.05) is 5.32 Å². The molecule has 1 aromatic carbocycles. The average Bonchev–Trinajstić information content (AvgIpc) is 2.78. The fraction of sp³-hybridized carbons (Fsp3) is 0.538. The Morgan fingerprint density at radius 3 is 2.94 bits per heavy atom. The minimum atomic E-state index is -0.445. The number of halogens is 1. The summed E-state index contributed by atoms with van der Waals surface area (Å²) in [4.78, 5) is 10.4. The molecule has 1 fully saturated rings. The van der Waals surface area contributed by atoms with Gasteiger partial charge in [0.2, 0.25) is 0 Å². The maximum absolute atomic E-state index is 10.8. The van der Waals surface area contributed by atoms with E-state index in [1.807, 2.05) is 0 Å². The molecule has 2 atom stereocenters. The molecule has 2 unspecified atom stereocenters. The Kier molecular flexibility index (Phi) is 4.07. The molecule has 18 heavy (non-hydrogen) atoms. The Morgan fingerprint density at radius 2 is 2.28 bits per heavy atom. The van der Waals surface area contributed by atoms with E-state index >= 15 is 0 Å². The summed E-state index contributed by atoms with van der Waals surface area (Å²) in [5, 5.41) is 14.4. The van der Waals surface area contributed by atoms with Crippen LogP contribution in [0.25, 0.3) is 0 Å². The first kappa shape index (κ1) is 13.1. The lowest BCUT2D eigenvalue weighted by Gasteiger charge is -2.21. The van der Waals surface area contributed by atoms with Crippen molar-refractivity contribution in [3.05, 3.63) is 33.3 Å². The zero-order chi connectivity index (χ0) is 13.1. The van der Waals surface area contributed by atoms with Crippen molar-refractivity contribution in [3.63, 3.8) is 0 Å². The lowest BCUT2D eigenvalue weighted by atomic mass is 10.0. The molecule has 0 heterocycles. The first-order valence-corrected chi connectivity index (χ1v) is 6.70. The van der Waals surface area contributed by atoms with Crippen LogP contribution in [0, 0.1) is 16.0 Å². The standard InChI is InChI=1S/C13H17ClN2O2/c1-2-9-5-3-6-10(9)15-11-7-4-8-12(13(11)14)16(17)18/h4,7-10,15H,2-3,5-6H2,1H3. The quantitative estimate of drug-likeness (QED) is 0.656. The van der Waals surface area contributed by atoms with Crippen molar-refractivity contribution < 1.29 is 4.92 Å². The van der Waals surface area contributed by atoms with E-state index in [0.29, 0.717) is 17.6 Å². The second kappa shape index (κ2) is 5.57. The molecule has 1 saturated carbocycles. The van der Waals surface area contributed by atoms with Gasteiger partial charge in [0.25, 0.3) is 5.69 Å². The summed E-state index contributed by atoms with van der Waals surface area (Å²) in [5.41, 5.74) is 0.643.